The summed E-state index contributed by atoms with van der Waals surface area (Å²) < 4.78 is 0. The Balaban J connectivity index is 1.79. The third kappa shape index (κ3) is 3.83. The summed E-state index contributed by atoms with van der Waals surface area (Å²) in [4.78, 5) is 13.2. The van der Waals surface area contributed by atoms with Crippen LogP contribution in [0.2, 0.25) is 0 Å². The van der Waals surface area contributed by atoms with E-state index < -0.39 is 5.54 Å². The monoisotopic (exact) mass is 275 g/mol. The van der Waals surface area contributed by atoms with Gasteiger partial charge in [0.25, 0.3) is 0 Å². The first-order valence-corrected chi connectivity index (χ1v) is 7.75. The maximum absolute atomic E-state index is 11.3. The highest BCUT2D eigenvalue weighted by molar-refractivity contribution is 5.73. The van der Waals surface area contributed by atoms with Crippen LogP contribution in [0.15, 0.2) is 11.6 Å². The molecule has 4 heteroatoms. The van der Waals surface area contributed by atoms with Crippen LogP contribution >= 0.6 is 0 Å². The Morgan fingerprint density at radius 1 is 1.45 bits per heavy atom. The summed E-state index contributed by atoms with van der Waals surface area (Å²) in [5.74, 6) is 0.115. The number of nitrogens with one attached hydrogen (secondary N) is 1. The Morgan fingerprint density at radius 3 is 2.75 bits per heavy atom. The molecule has 0 aromatic rings. The van der Waals surface area contributed by atoms with Crippen molar-refractivity contribution in [1.29, 1.82) is 5.26 Å². The van der Waals surface area contributed by atoms with Gasteiger partial charge >= 0.3 is 0 Å². The van der Waals surface area contributed by atoms with E-state index in [9.17, 15) is 10.1 Å². The van der Waals surface area contributed by atoms with E-state index in [1.807, 2.05) is 4.90 Å². The number of hydrogen-bond donors (Lipinski definition) is 1. The molecule has 110 valence electrons. The molecule has 0 bridgehead atoms. The Kier molecular flexibility index (Phi) is 5.19. The van der Waals surface area contributed by atoms with Gasteiger partial charge in [-0.1, -0.05) is 11.6 Å². The zero-order valence-electron chi connectivity index (χ0n) is 12.5. The Hall–Kier alpha value is -1.34. The van der Waals surface area contributed by atoms with Crippen molar-refractivity contribution in [2.45, 2.75) is 57.4 Å². The topological polar surface area (TPSA) is 56.1 Å². The second-order valence-corrected chi connectivity index (χ2v) is 5.98. The van der Waals surface area contributed by atoms with Crippen LogP contribution < -0.4 is 5.32 Å². The van der Waals surface area contributed by atoms with E-state index in [4.69, 9.17) is 0 Å². The molecule has 2 rings (SSSR count). The molecule has 20 heavy (non-hydrogen) atoms. The summed E-state index contributed by atoms with van der Waals surface area (Å²) in [6, 6.07) is 2.45. The molecule has 2 aliphatic rings. The van der Waals surface area contributed by atoms with Crippen molar-refractivity contribution in [2.75, 3.05) is 19.6 Å². The van der Waals surface area contributed by atoms with Crippen molar-refractivity contribution >= 4 is 5.91 Å². The molecule has 0 atom stereocenters. The van der Waals surface area contributed by atoms with Crippen molar-refractivity contribution < 1.29 is 4.79 Å². The lowest BCUT2D eigenvalue weighted by atomic mass is 9.88. The van der Waals surface area contributed by atoms with E-state index in [-0.39, 0.29) is 5.91 Å². The zero-order valence-corrected chi connectivity index (χ0v) is 12.5. The predicted molar refractivity (Wildman–Crippen MR) is 79.0 cm³/mol. The van der Waals surface area contributed by atoms with Gasteiger partial charge in [0.2, 0.25) is 5.91 Å². The second kappa shape index (κ2) is 6.90. The highest BCUT2D eigenvalue weighted by atomic mass is 16.2. The average molecular weight is 275 g/mol. The van der Waals surface area contributed by atoms with Gasteiger partial charge in [-0.2, -0.15) is 5.26 Å². The number of carbonyl (C=O) groups is 1. The minimum absolute atomic E-state index is 0.115. The minimum atomic E-state index is -0.429. The van der Waals surface area contributed by atoms with Crippen LogP contribution in [0.1, 0.15) is 51.9 Å². The summed E-state index contributed by atoms with van der Waals surface area (Å²) in [6.07, 6.45) is 9.96. The van der Waals surface area contributed by atoms with Crippen molar-refractivity contribution in [3.05, 3.63) is 11.6 Å². The average Bonchev–Trinajstić information content (AvgIpc) is 2.49. The predicted octanol–water partition coefficient (Wildman–Crippen LogP) is 2.37. The van der Waals surface area contributed by atoms with E-state index in [2.05, 4.69) is 17.5 Å². The van der Waals surface area contributed by atoms with Crippen LogP contribution in [0.5, 0.6) is 0 Å². The number of likely N-dealkylation sites (tertiary alicyclic amines) is 1. The lowest BCUT2D eigenvalue weighted by Crippen LogP contribution is -2.53. The van der Waals surface area contributed by atoms with Gasteiger partial charge < -0.3 is 4.90 Å². The Labute approximate surface area is 121 Å². The fourth-order valence-corrected chi connectivity index (χ4v) is 3.13. The molecule has 4 nitrogen and oxygen atoms in total. The highest BCUT2D eigenvalue weighted by Crippen LogP contribution is 2.23. The summed E-state index contributed by atoms with van der Waals surface area (Å²) >= 11 is 0. The third-order valence-corrected chi connectivity index (χ3v) is 4.57. The molecule has 1 fully saturated rings. The lowest BCUT2D eigenvalue weighted by molar-refractivity contribution is -0.130. The molecule has 1 N–H and O–H groups in total. The number of nitrogens with zero attached hydrogens (tertiary/aromatic N) is 2. The summed E-state index contributed by atoms with van der Waals surface area (Å²) in [5.41, 5.74) is 1.11. The number of rotatable bonds is 4. The van der Waals surface area contributed by atoms with E-state index >= 15 is 0 Å². The van der Waals surface area contributed by atoms with Gasteiger partial charge in [0, 0.05) is 26.6 Å². The van der Waals surface area contributed by atoms with Gasteiger partial charge in [-0.3, -0.25) is 10.1 Å². The fraction of sp³-hybridized carbons (Fsp3) is 0.750. The van der Waals surface area contributed by atoms with Gasteiger partial charge in [-0.15, -0.1) is 0 Å². The van der Waals surface area contributed by atoms with Crippen LogP contribution in [0.3, 0.4) is 0 Å². The molecule has 1 aliphatic carbocycles. The minimum Gasteiger partial charge on any atom is -0.343 e. The molecule has 0 aromatic heterocycles. The fourth-order valence-electron chi connectivity index (χ4n) is 3.13. The number of allylic oxidation sites excluding steroid dienone is 1. The van der Waals surface area contributed by atoms with Crippen LogP contribution in [-0.2, 0) is 4.79 Å². The summed E-state index contributed by atoms with van der Waals surface area (Å²) in [5, 5.41) is 12.9. The maximum atomic E-state index is 11.3. The molecule has 1 amide bonds. The first-order chi connectivity index (χ1) is 9.65. The largest absolute Gasteiger partial charge is 0.343 e. The van der Waals surface area contributed by atoms with E-state index in [0.29, 0.717) is 13.1 Å². The molecular formula is C16H25N3O. The van der Waals surface area contributed by atoms with Gasteiger partial charge in [-0.25, -0.2) is 0 Å². The Bertz CT molecular complexity index is 414. The quantitative estimate of drug-likeness (QED) is 0.801. The second-order valence-electron chi connectivity index (χ2n) is 5.98. The molecule has 0 spiro atoms. The van der Waals surface area contributed by atoms with Crippen LogP contribution in [0.25, 0.3) is 0 Å². The highest BCUT2D eigenvalue weighted by Gasteiger charge is 2.34. The SMILES string of the molecule is CC(=O)N1CCC(C#N)(NCCC2=CCCCC2)CC1. The molecule has 0 aromatic carbocycles. The molecule has 1 saturated heterocycles. The van der Waals surface area contributed by atoms with E-state index in [1.165, 1.54) is 31.3 Å². The lowest BCUT2D eigenvalue weighted by Gasteiger charge is -2.37. The molecule has 1 heterocycles. The standard InChI is InChI=1S/C16H25N3O/c1-14(20)19-11-8-16(13-17,9-12-19)18-10-7-15-5-3-2-4-6-15/h5,18H,2-4,6-12H2,1H3. The molecule has 1 aliphatic heterocycles. The molecule has 0 radical (unpaired) electrons. The van der Waals surface area contributed by atoms with Crippen LogP contribution in [0, 0.1) is 11.3 Å². The summed E-state index contributed by atoms with van der Waals surface area (Å²) in [7, 11) is 0. The number of nitriles is 1. The first-order valence-electron chi connectivity index (χ1n) is 7.75. The third-order valence-electron chi connectivity index (χ3n) is 4.57. The summed E-state index contributed by atoms with van der Waals surface area (Å²) in [6.45, 7) is 3.86. The van der Waals surface area contributed by atoms with Crippen molar-refractivity contribution in [3.8, 4) is 6.07 Å². The number of carbonyl (C=O) groups excluding carboxylic acids is 1. The van der Waals surface area contributed by atoms with Crippen molar-refractivity contribution in [3.63, 3.8) is 0 Å². The number of amides is 1. The maximum Gasteiger partial charge on any atom is 0.219 e. The van der Waals surface area contributed by atoms with Gasteiger partial charge in [-0.05, 0) is 44.9 Å². The van der Waals surface area contributed by atoms with Crippen molar-refractivity contribution in [2.24, 2.45) is 0 Å². The van der Waals surface area contributed by atoms with E-state index in [1.54, 1.807) is 6.92 Å². The van der Waals surface area contributed by atoms with Gasteiger partial charge in [0.15, 0.2) is 0 Å². The van der Waals surface area contributed by atoms with Crippen LogP contribution in [-0.4, -0.2) is 36.0 Å². The molecular weight excluding hydrogens is 250 g/mol. The Morgan fingerprint density at radius 2 is 2.20 bits per heavy atom. The van der Waals surface area contributed by atoms with Crippen molar-refractivity contribution in [1.82, 2.24) is 10.2 Å². The number of hydrogen-bond acceptors (Lipinski definition) is 3. The van der Waals surface area contributed by atoms with Crippen LogP contribution in [0.4, 0.5) is 0 Å². The smallest absolute Gasteiger partial charge is 0.219 e. The molecule has 0 unspecified atom stereocenters. The number of piperidine rings is 1. The first kappa shape index (κ1) is 15.1. The van der Waals surface area contributed by atoms with Gasteiger partial charge in [0.1, 0.15) is 5.54 Å². The zero-order chi connectivity index (χ0) is 14.4. The van der Waals surface area contributed by atoms with Gasteiger partial charge in [0.05, 0.1) is 6.07 Å². The normalized spacial score (nSPS) is 22.0. The molecule has 0 saturated carbocycles. The van der Waals surface area contributed by atoms with E-state index in [0.717, 1.165) is 25.8 Å².